The van der Waals surface area contributed by atoms with Gasteiger partial charge in [-0.15, -0.1) is 0 Å². The number of halogens is 6. The quantitative estimate of drug-likeness (QED) is 0.819. The molecule has 10 heteroatoms. The van der Waals surface area contributed by atoms with Gasteiger partial charge in [0.05, 0.1) is 11.6 Å². The molecule has 0 radical (unpaired) electrons. The van der Waals surface area contributed by atoms with E-state index in [1.165, 1.54) is 0 Å². The standard InChI is InChI=1S/C11H6F6N4/c12-6-3-7-8(4-18)20-21(9(7)19-5-6)2-1-10(13,14)11(15,16)17/h3,5H,1-2H2. The van der Waals surface area contributed by atoms with Crippen molar-refractivity contribution < 1.29 is 26.3 Å². The first-order valence-electron chi connectivity index (χ1n) is 5.52. The van der Waals surface area contributed by atoms with Crippen LogP contribution in [-0.4, -0.2) is 26.9 Å². The van der Waals surface area contributed by atoms with Crippen LogP contribution < -0.4 is 0 Å². The number of pyridine rings is 1. The zero-order valence-electron chi connectivity index (χ0n) is 10.1. The SMILES string of the molecule is N#Cc1nn(CCC(F)(F)C(F)(F)F)c2ncc(F)cc12. The molecule has 0 aliphatic rings. The lowest BCUT2D eigenvalue weighted by Crippen LogP contribution is -2.37. The van der Waals surface area contributed by atoms with E-state index >= 15 is 0 Å². The summed E-state index contributed by atoms with van der Waals surface area (Å²) in [5, 5.41) is 12.3. The first kappa shape index (κ1) is 15.1. The minimum Gasteiger partial charge on any atom is -0.246 e. The molecule has 0 N–H and O–H groups in total. The fourth-order valence-corrected chi connectivity index (χ4v) is 1.66. The smallest absolute Gasteiger partial charge is 0.246 e. The Hall–Kier alpha value is -2.31. The summed E-state index contributed by atoms with van der Waals surface area (Å²) >= 11 is 0. The third kappa shape index (κ3) is 2.76. The van der Waals surface area contributed by atoms with Crippen LogP contribution in [0.2, 0.25) is 0 Å². The fraction of sp³-hybridized carbons (Fsp3) is 0.364. The van der Waals surface area contributed by atoms with E-state index in [0.29, 0.717) is 0 Å². The molecule has 2 aromatic heterocycles. The Kier molecular flexibility index (Phi) is 3.52. The minimum absolute atomic E-state index is 0.0483. The summed E-state index contributed by atoms with van der Waals surface area (Å²) in [6, 6.07) is 2.51. The lowest BCUT2D eigenvalue weighted by molar-refractivity contribution is -0.285. The Balaban J connectivity index is 2.34. The number of nitriles is 1. The Morgan fingerprint density at radius 1 is 1.24 bits per heavy atom. The highest BCUT2D eigenvalue weighted by Crippen LogP contribution is 2.38. The van der Waals surface area contributed by atoms with Crippen LogP contribution in [0.25, 0.3) is 11.0 Å². The maximum absolute atomic E-state index is 13.0. The molecule has 4 nitrogen and oxygen atoms in total. The average molecular weight is 308 g/mol. The lowest BCUT2D eigenvalue weighted by atomic mass is 10.2. The molecule has 0 unspecified atom stereocenters. The van der Waals surface area contributed by atoms with Gasteiger partial charge < -0.3 is 0 Å². The molecule has 0 saturated heterocycles. The second-order valence-corrected chi connectivity index (χ2v) is 4.16. The maximum Gasteiger partial charge on any atom is 0.453 e. The Bertz CT molecular complexity index is 712. The maximum atomic E-state index is 13.0. The van der Waals surface area contributed by atoms with Gasteiger partial charge in [0.2, 0.25) is 0 Å². The van der Waals surface area contributed by atoms with Crippen LogP contribution in [0.4, 0.5) is 26.3 Å². The van der Waals surface area contributed by atoms with Gasteiger partial charge in [0, 0.05) is 13.0 Å². The van der Waals surface area contributed by atoms with Gasteiger partial charge in [0.1, 0.15) is 11.9 Å². The monoisotopic (exact) mass is 308 g/mol. The molecule has 0 amide bonds. The zero-order chi connectivity index (χ0) is 15.8. The van der Waals surface area contributed by atoms with E-state index in [-0.39, 0.29) is 16.7 Å². The number of alkyl halides is 5. The van der Waals surface area contributed by atoms with Gasteiger partial charge in [-0.05, 0) is 6.07 Å². The van der Waals surface area contributed by atoms with Gasteiger partial charge in [0.25, 0.3) is 0 Å². The predicted octanol–water partition coefficient (Wildman–Crippen LogP) is 3.03. The van der Waals surface area contributed by atoms with E-state index in [4.69, 9.17) is 5.26 Å². The molecule has 21 heavy (non-hydrogen) atoms. The Morgan fingerprint density at radius 3 is 2.48 bits per heavy atom. The summed E-state index contributed by atoms with van der Waals surface area (Å²) in [6.45, 7) is -0.816. The van der Waals surface area contributed by atoms with E-state index in [1.807, 2.05) is 0 Å². The summed E-state index contributed by atoms with van der Waals surface area (Å²) in [5.74, 6) is -5.67. The Morgan fingerprint density at radius 2 is 1.90 bits per heavy atom. The number of hydrogen-bond acceptors (Lipinski definition) is 3. The summed E-state index contributed by atoms with van der Waals surface area (Å²) in [5.41, 5.74) is -0.432. The summed E-state index contributed by atoms with van der Waals surface area (Å²) in [6.07, 6.45) is -6.48. The number of aryl methyl sites for hydroxylation is 1. The summed E-state index contributed by atoms with van der Waals surface area (Å²) < 4.78 is 75.7. The molecule has 0 aromatic carbocycles. The molecule has 0 aliphatic heterocycles. The highest BCUT2D eigenvalue weighted by molar-refractivity contribution is 5.80. The number of rotatable bonds is 3. The molecule has 0 atom stereocenters. The van der Waals surface area contributed by atoms with Crippen molar-refractivity contribution in [3.8, 4) is 6.07 Å². The van der Waals surface area contributed by atoms with E-state index in [0.717, 1.165) is 16.9 Å². The van der Waals surface area contributed by atoms with Gasteiger partial charge in [-0.2, -0.15) is 32.3 Å². The van der Waals surface area contributed by atoms with Crippen molar-refractivity contribution in [3.63, 3.8) is 0 Å². The molecule has 0 spiro atoms. The van der Waals surface area contributed by atoms with Crippen LogP contribution in [-0.2, 0) is 6.54 Å². The van der Waals surface area contributed by atoms with Crippen LogP contribution in [0.3, 0.4) is 0 Å². The number of nitrogens with zero attached hydrogens (tertiary/aromatic N) is 4. The molecule has 2 heterocycles. The summed E-state index contributed by atoms with van der Waals surface area (Å²) in [7, 11) is 0. The second-order valence-electron chi connectivity index (χ2n) is 4.16. The van der Waals surface area contributed by atoms with E-state index < -0.39 is 30.9 Å². The largest absolute Gasteiger partial charge is 0.453 e. The van der Waals surface area contributed by atoms with Crippen molar-refractivity contribution in [1.82, 2.24) is 14.8 Å². The third-order valence-electron chi connectivity index (χ3n) is 2.71. The number of hydrogen-bond donors (Lipinski definition) is 0. The van der Waals surface area contributed by atoms with Crippen molar-refractivity contribution >= 4 is 11.0 Å². The number of fused-ring (bicyclic) bond motifs is 1. The molecule has 2 rings (SSSR count). The molecular formula is C11H6F6N4. The van der Waals surface area contributed by atoms with Gasteiger partial charge >= 0.3 is 12.1 Å². The molecule has 0 aliphatic carbocycles. The van der Waals surface area contributed by atoms with Crippen molar-refractivity contribution in [2.75, 3.05) is 0 Å². The average Bonchev–Trinajstić information content (AvgIpc) is 2.72. The van der Waals surface area contributed by atoms with Crippen molar-refractivity contribution in [2.45, 2.75) is 25.1 Å². The van der Waals surface area contributed by atoms with Crippen LogP contribution in [0.15, 0.2) is 12.3 Å². The van der Waals surface area contributed by atoms with Gasteiger partial charge in [0.15, 0.2) is 11.3 Å². The van der Waals surface area contributed by atoms with Gasteiger partial charge in [-0.3, -0.25) is 0 Å². The second kappa shape index (κ2) is 4.91. The topological polar surface area (TPSA) is 54.5 Å². The molecule has 112 valence electrons. The first-order valence-corrected chi connectivity index (χ1v) is 5.52. The van der Waals surface area contributed by atoms with Gasteiger partial charge in [-0.1, -0.05) is 0 Å². The molecule has 2 aromatic rings. The van der Waals surface area contributed by atoms with E-state index in [1.54, 1.807) is 6.07 Å². The highest BCUT2D eigenvalue weighted by atomic mass is 19.4. The zero-order valence-corrected chi connectivity index (χ0v) is 10.1. The number of aromatic nitrogens is 3. The Labute approximate surface area is 113 Å². The minimum atomic E-state index is -5.67. The molecule has 0 fully saturated rings. The van der Waals surface area contributed by atoms with E-state index in [2.05, 4.69) is 10.1 Å². The lowest BCUT2D eigenvalue weighted by Gasteiger charge is -2.19. The predicted molar refractivity (Wildman–Crippen MR) is 57.8 cm³/mol. The van der Waals surface area contributed by atoms with Crippen molar-refractivity contribution in [3.05, 3.63) is 23.8 Å². The van der Waals surface area contributed by atoms with Crippen molar-refractivity contribution in [1.29, 1.82) is 5.26 Å². The van der Waals surface area contributed by atoms with E-state index in [9.17, 15) is 26.3 Å². The van der Waals surface area contributed by atoms with Gasteiger partial charge in [-0.25, -0.2) is 14.1 Å². The van der Waals surface area contributed by atoms with Crippen molar-refractivity contribution in [2.24, 2.45) is 0 Å². The fourth-order valence-electron chi connectivity index (χ4n) is 1.66. The third-order valence-corrected chi connectivity index (χ3v) is 2.71. The molecule has 0 bridgehead atoms. The summed E-state index contributed by atoms with van der Waals surface area (Å²) in [4.78, 5) is 3.56. The molecule has 0 saturated carbocycles. The van der Waals surface area contributed by atoms with Crippen LogP contribution in [0, 0.1) is 17.1 Å². The van der Waals surface area contributed by atoms with Crippen LogP contribution in [0.1, 0.15) is 12.1 Å². The first-order chi connectivity index (χ1) is 9.65. The van der Waals surface area contributed by atoms with Crippen LogP contribution in [0.5, 0.6) is 0 Å². The highest BCUT2D eigenvalue weighted by Gasteiger charge is 2.56. The van der Waals surface area contributed by atoms with Crippen LogP contribution >= 0.6 is 0 Å². The molecular weight excluding hydrogens is 302 g/mol. The normalized spacial score (nSPS) is 12.6.